The Morgan fingerprint density at radius 1 is 1.34 bits per heavy atom. The van der Waals surface area contributed by atoms with Crippen molar-refractivity contribution in [1.82, 2.24) is 14.9 Å². The maximum absolute atomic E-state index is 15.7. The van der Waals surface area contributed by atoms with Crippen molar-refractivity contribution in [2.45, 2.75) is 45.4 Å². The highest BCUT2D eigenvalue weighted by Gasteiger charge is 2.46. The zero-order chi connectivity index (χ0) is 23.4. The average molecular weight is 556 g/mol. The van der Waals surface area contributed by atoms with Crippen LogP contribution in [0.1, 0.15) is 27.2 Å². The predicted octanol–water partition coefficient (Wildman–Crippen LogP) is 4.74. The quantitative estimate of drug-likeness (QED) is 0.313. The van der Waals surface area contributed by atoms with E-state index in [4.69, 9.17) is 0 Å². The molecule has 0 bridgehead atoms. The largest absolute Gasteiger partial charge is 0.465 e. The van der Waals surface area contributed by atoms with Gasteiger partial charge in [0.2, 0.25) is 0 Å². The molecule has 1 aliphatic rings. The topological polar surface area (TPSA) is 98.3 Å². The van der Waals surface area contributed by atoms with E-state index in [-0.39, 0.29) is 23.9 Å². The number of amides is 1. The van der Waals surface area contributed by atoms with E-state index in [0.29, 0.717) is 25.7 Å². The van der Waals surface area contributed by atoms with Gasteiger partial charge in [0.15, 0.2) is 0 Å². The molecule has 3 unspecified atom stereocenters. The van der Waals surface area contributed by atoms with Crippen molar-refractivity contribution in [3.8, 4) is 0 Å². The summed E-state index contributed by atoms with van der Waals surface area (Å²) in [4.78, 5) is 32.6. The first-order chi connectivity index (χ1) is 15.0. The average Bonchev–Trinajstić information content (AvgIpc) is 2.70. The summed E-state index contributed by atoms with van der Waals surface area (Å²) in [5, 5.41) is 13.9. The number of nitrogens with one attached hydrogen (secondary N) is 2. The number of likely N-dealkylation sites (tertiary alicyclic amines) is 1. The van der Waals surface area contributed by atoms with E-state index < -0.39 is 35.6 Å². The lowest BCUT2D eigenvalue weighted by Crippen LogP contribution is -2.61. The third-order valence-electron chi connectivity index (χ3n) is 5.91. The third kappa shape index (κ3) is 3.89. The lowest BCUT2D eigenvalue weighted by Gasteiger charge is -2.47. The Balaban J connectivity index is 1.83. The molecular weight excluding hydrogens is 533 g/mol. The fourth-order valence-electron chi connectivity index (χ4n) is 4.52. The number of anilines is 1. The van der Waals surface area contributed by atoms with Crippen molar-refractivity contribution in [3.05, 3.63) is 44.1 Å². The summed E-state index contributed by atoms with van der Waals surface area (Å²) in [7, 11) is 0. The molecule has 1 aromatic carbocycles. The molecule has 32 heavy (non-hydrogen) atoms. The summed E-state index contributed by atoms with van der Waals surface area (Å²) in [6.45, 7) is 5.60. The van der Waals surface area contributed by atoms with Crippen molar-refractivity contribution >= 4 is 56.2 Å². The van der Waals surface area contributed by atoms with Crippen molar-refractivity contribution in [2.24, 2.45) is 5.41 Å². The Hall–Kier alpha value is -2.50. The van der Waals surface area contributed by atoms with Gasteiger partial charge in [0.1, 0.15) is 17.8 Å². The molecule has 10 heteroatoms. The van der Waals surface area contributed by atoms with Gasteiger partial charge in [-0.15, -0.1) is 0 Å². The Bertz CT molecular complexity index is 1270. The van der Waals surface area contributed by atoms with Crippen molar-refractivity contribution in [2.75, 3.05) is 11.9 Å². The van der Waals surface area contributed by atoms with Gasteiger partial charge in [-0.25, -0.2) is 18.6 Å². The van der Waals surface area contributed by atoms with Gasteiger partial charge >= 0.3 is 6.09 Å². The normalized spacial score (nSPS) is 21.8. The molecule has 1 amide bonds. The van der Waals surface area contributed by atoms with Crippen LogP contribution < -0.4 is 10.9 Å². The second-order valence-corrected chi connectivity index (χ2v) is 10.3. The maximum atomic E-state index is 15.7. The van der Waals surface area contributed by atoms with Crippen LogP contribution in [-0.2, 0) is 0 Å². The van der Waals surface area contributed by atoms with Gasteiger partial charge in [0, 0.05) is 23.5 Å². The zero-order valence-corrected chi connectivity index (χ0v) is 19.9. The second kappa shape index (κ2) is 8.13. The standard InChI is InChI=1S/C22H23F2IN4O3/c1-22(2,3)18-16(24)14(6-7-29(18)21(31)32)27-19-11-5-4-10(23)8-12(11)15-17(28-19)13(25)9-26-20(15)30/h4-5,8-9,14,16,18H,6-7H2,1-3H3,(H,26,30)(H,27,28)(H,31,32). The number of hydrogen-bond acceptors (Lipinski definition) is 4. The molecule has 0 saturated carbocycles. The number of carboxylic acid groups (broad SMARTS) is 1. The SMILES string of the molecule is CC(C)(C)C1C(F)C(Nc2nc3c(I)c[nH]c(=O)c3c3cc(F)ccc23)CCN1C(=O)O. The minimum Gasteiger partial charge on any atom is -0.465 e. The molecule has 4 rings (SSSR count). The maximum Gasteiger partial charge on any atom is 0.407 e. The van der Waals surface area contributed by atoms with Crippen LogP contribution in [-0.4, -0.2) is 50.9 Å². The van der Waals surface area contributed by atoms with E-state index in [1.165, 1.54) is 24.4 Å². The number of alkyl halides is 1. The zero-order valence-electron chi connectivity index (χ0n) is 17.7. The number of pyridine rings is 2. The molecule has 2 aromatic heterocycles. The molecule has 0 spiro atoms. The Labute approximate surface area is 196 Å². The number of piperidine rings is 1. The first-order valence-electron chi connectivity index (χ1n) is 10.2. The lowest BCUT2D eigenvalue weighted by molar-refractivity contribution is 0.00166. The van der Waals surface area contributed by atoms with Gasteiger partial charge in [-0.05, 0) is 52.6 Å². The first kappa shape index (κ1) is 22.7. The van der Waals surface area contributed by atoms with Crippen LogP contribution in [0.5, 0.6) is 0 Å². The number of H-pyrrole nitrogens is 1. The molecule has 0 aliphatic carbocycles. The van der Waals surface area contributed by atoms with E-state index in [1.54, 1.807) is 0 Å². The van der Waals surface area contributed by atoms with Crippen molar-refractivity contribution in [1.29, 1.82) is 0 Å². The van der Waals surface area contributed by atoms with E-state index in [0.717, 1.165) is 4.90 Å². The summed E-state index contributed by atoms with van der Waals surface area (Å²) < 4.78 is 30.5. The molecule has 1 aliphatic heterocycles. The molecule has 3 heterocycles. The molecule has 3 aromatic rings. The summed E-state index contributed by atoms with van der Waals surface area (Å²) >= 11 is 2.03. The van der Waals surface area contributed by atoms with E-state index in [2.05, 4.69) is 15.3 Å². The van der Waals surface area contributed by atoms with Crippen LogP contribution in [0, 0.1) is 14.8 Å². The minimum atomic E-state index is -1.49. The minimum absolute atomic E-state index is 0.173. The Kier molecular flexibility index (Phi) is 5.76. The Morgan fingerprint density at radius 3 is 2.72 bits per heavy atom. The third-order valence-corrected chi connectivity index (χ3v) is 6.73. The van der Waals surface area contributed by atoms with Crippen LogP contribution in [0.2, 0.25) is 0 Å². The highest BCUT2D eigenvalue weighted by atomic mass is 127. The smallest absolute Gasteiger partial charge is 0.407 e. The van der Waals surface area contributed by atoms with Gasteiger partial charge in [0.05, 0.1) is 26.6 Å². The molecule has 1 saturated heterocycles. The number of nitrogens with zero attached hydrogens (tertiary/aromatic N) is 2. The van der Waals surface area contributed by atoms with Gasteiger partial charge < -0.3 is 20.3 Å². The van der Waals surface area contributed by atoms with Crippen LogP contribution in [0.15, 0.2) is 29.2 Å². The number of benzene rings is 1. The van der Waals surface area contributed by atoms with E-state index in [9.17, 15) is 19.1 Å². The number of aromatic amines is 1. The van der Waals surface area contributed by atoms with Crippen LogP contribution in [0.25, 0.3) is 21.7 Å². The van der Waals surface area contributed by atoms with Gasteiger partial charge in [0.25, 0.3) is 5.56 Å². The van der Waals surface area contributed by atoms with E-state index in [1.807, 2.05) is 43.4 Å². The van der Waals surface area contributed by atoms with Crippen LogP contribution >= 0.6 is 22.6 Å². The van der Waals surface area contributed by atoms with Gasteiger partial charge in [-0.2, -0.15) is 0 Å². The Morgan fingerprint density at radius 2 is 2.06 bits per heavy atom. The fraction of sp³-hybridized carbons (Fsp3) is 0.409. The monoisotopic (exact) mass is 556 g/mol. The predicted molar refractivity (Wildman–Crippen MR) is 127 cm³/mol. The fourth-order valence-corrected chi connectivity index (χ4v) is 5.07. The van der Waals surface area contributed by atoms with Gasteiger partial charge in [-0.3, -0.25) is 4.79 Å². The van der Waals surface area contributed by atoms with Gasteiger partial charge in [-0.1, -0.05) is 20.8 Å². The summed E-state index contributed by atoms with van der Waals surface area (Å²) in [6, 6.07) is 2.50. The highest BCUT2D eigenvalue weighted by molar-refractivity contribution is 14.1. The number of halogens is 3. The summed E-state index contributed by atoms with van der Waals surface area (Å²) in [6.07, 6.45) is -0.878. The molecule has 3 atom stereocenters. The number of rotatable bonds is 2. The van der Waals surface area contributed by atoms with E-state index >= 15 is 4.39 Å². The molecule has 1 fully saturated rings. The molecule has 7 nitrogen and oxygen atoms in total. The van der Waals surface area contributed by atoms with Crippen molar-refractivity contribution < 1.29 is 18.7 Å². The molecule has 0 radical (unpaired) electrons. The summed E-state index contributed by atoms with van der Waals surface area (Å²) in [5.74, 6) is -0.166. The number of hydrogen-bond donors (Lipinski definition) is 3. The lowest BCUT2D eigenvalue weighted by atomic mass is 9.78. The highest BCUT2D eigenvalue weighted by Crippen LogP contribution is 2.37. The molecule has 3 N–H and O–H groups in total. The number of aromatic nitrogens is 2. The second-order valence-electron chi connectivity index (χ2n) is 9.11. The number of fused-ring (bicyclic) bond motifs is 3. The first-order valence-corrected chi connectivity index (χ1v) is 11.3. The number of carbonyl (C=O) groups is 1. The van der Waals surface area contributed by atoms with Crippen molar-refractivity contribution in [3.63, 3.8) is 0 Å². The van der Waals surface area contributed by atoms with Crippen LogP contribution in [0.4, 0.5) is 19.4 Å². The molecular formula is C22H23F2IN4O3. The molecule has 170 valence electrons. The van der Waals surface area contributed by atoms with Crippen LogP contribution in [0.3, 0.4) is 0 Å². The summed E-state index contributed by atoms with van der Waals surface area (Å²) in [5.41, 5.74) is -0.621.